The zero-order valence-corrected chi connectivity index (χ0v) is 43.9. The number of methoxy groups -OCH3 is 1. The number of likely N-dealkylation sites (N-methyl/N-ethyl adjacent to an activating group) is 1. The topological polar surface area (TPSA) is 160 Å². The van der Waals surface area contributed by atoms with Crippen LogP contribution < -0.4 is 18.9 Å². The number of benzene rings is 3. The molecular weight excluding hydrogens is 999 g/mol. The van der Waals surface area contributed by atoms with Crippen molar-refractivity contribution in [3.05, 3.63) is 105 Å². The third-order valence-electron chi connectivity index (χ3n) is 13.8. The third kappa shape index (κ3) is 12.7. The van der Waals surface area contributed by atoms with Crippen molar-refractivity contribution < 1.29 is 47.4 Å². The summed E-state index contributed by atoms with van der Waals surface area (Å²) < 4.78 is 57.3. The first-order chi connectivity index (χ1) is 35.4. The van der Waals surface area contributed by atoms with Crippen LogP contribution in [0.5, 0.6) is 23.1 Å². The van der Waals surface area contributed by atoms with E-state index in [1.807, 2.05) is 19.9 Å². The Labute approximate surface area is 438 Å². The number of nitrogens with zero attached hydrogens (tertiary/aromatic N) is 6. The maximum Gasteiger partial charge on any atom is 0.345 e. The predicted molar refractivity (Wildman–Crippen MR) is 278 cm³/mol. The average Bonchev–Trinajstić information content (AvgIpc) is 3.78. The molecule has 6 aromatic rings. The highest BCUT2D eigenvalue weighted by Crippen LogP contribution is 2.53. The van der Waals surface area contributed by atoms with Crippen LogP contribution in [0.3, 0.4) is 0 Å². The molecule has 10 rings (SSSR count). The number of carboxylic acids is 1. The van der Waals surface area contributed by atoms with Crippen molar-refractivity contribution in [2.45, 2.75) is 70.7 Å². The number of fused-ring (bicyclic) bond motifs is 7. The molecule has 3 aromatic carbocycles. The van der Waals surface area contributed by atoms with Gasteiger partial charge in [0, 0.05) is 81.0 Å². The molecule has 3 aromatic heterocycles. The van der Waals surface area contributed by atoms with Crippen LogP contribution in [-0.2, 0) is 32.0 Å². The number of hydrogen-bond donors (Lipinski definition) is 1. The number of ether oxygens (including phenoxy) is 7. The van der Waals surface area contributed by atoms with Crippen LogP contribution in [0.15, 0.2) is 61.1 Å². The molecule has 388 valence electrons. The van der Waals surface area contributed by atoms with Gasteiger partial charge >= 0.3 is 5.97 Å². The Morgan fingerprint density at radius 1 is 0.890 bits per heavy atom. The Hall–Kier alpha value is -5.24. The zero-order valence-electron chi connectivity index (χ0n) is 41.5. The minimum atomic E-state index is -1.46. The van der Waals surface area contributed by atoms with E-state index in [4.69, 9.17) is 61.3 Å². The summed E-state index contributed by atoms with van der Waals surface area (Å²) in [6.45, 7) is 10.9. The molecule has 2 fully saturated rings. The van der Waals surface area contributed by atoms with E-state index in [2.05, 4.69) is 31.8 Å². The highest BCUT2D eigenvalue weighted by Gasteiger charge is 2.32. The summed E-state index contributed by atoms with van der Waals surface area (Å²) in [4.78, 5) is 38.1. The summed E-state index contributed by atoms with van der Waals surface area (Å²) in [5.41, 5.74) is 4.50. The lowest BCUT2D eigenvalue weighted by Crippen LogP contribution is -2.49. The number of hydrogen-bond acceptors (Lipinski definition) is 15. The molecule has 2 atom stereocenters. The van der Waals surface area contributed by atoms with E-state index in [0.717, 1.165) is 57.7 Å². The van der Waals surface area contributed by atoms with Gasteiger partial charge < -0.3 is 43.2 Å². The first-order valence-electron chi connectivity index (χ1n) is 24.8. The smallest absolute Gasteiger partial charge is 0.345 e. The number of piperazine rings is 1. The highest BCUT2D eigenvalue weighted by atomic mass is 35.5. The van der Waals surface area contributed by atoms with Crippen molar-refractivity contribution in [3.63, 3.8) is 0 Å². The first kappa shape index (κ1) is 52.6. The fourth-order valence-electron chi connectivity index (χ4n) is 9.75. The number of carboxylic acid groups (broad SMARTS) is 1. The Bertz CT molecular complexity index is 2830. The second-order valence-electron chi connectivity index (χ2n) is 18.9. The van der Waals surface area contributed by atoms with Gasteiger partial charge in [-0.05, 0) is 111 Å². The van der Waals surface area contributed by atoms with Gasteiger partial charge in [0.1, 0.15) is 53.6 Å². The number of carbonyl (C=O) groups is 1. The van der Waals surface area contributed by atoms with Crippen molar-refractivity contribution in [1.82, 2.24) is 29.7 Å². The van der Waals surface area contributed by atoms with Gasteiger partial charge in [-0.25, -0.2) is 29.1 Å². The lowest BCUT2D eigenvalue weighted by molar-refractivity contribution is -0.145. The molecule has 1 saturated carbocycles. The van der Waals surface area contributed by atoms with Crippen LogP contribution in [0, 0.1) is 25.6 Å². The summed E-state index contributed by atoms with van der Waals surface area (Å²) in [7, 11) is 3.76. The molecule has 1 aliphatic carbocycles. The molecule has 0 amide bonds. The van der Waals surface area contributed by atoms with Gasteiger partial charge in [0.25, 0.3) is 0 Å². The minimum Gasteiger partial charge on any atom is -0.490 e. The number of thiophene rings is 1. The third-order valence-corrected chi connectivity index (χ3v) is 15.9. The number of aliphatic carboxylic acids is 1. The first-order valence-corrected chi connectivity index (χ1v) is 26.3. The van der Waals surface area contributed by atoms with Crippen molar-refractivity contribution >= 4 is 50.7 Å². The molecule has 4 bridgehead atoms. The molecule has 0 spiro atoms. The second kappa shape index (κ2) is 24.4. The van der Waals surface area contributed by atoms with Crippen molar-refractivity contribution in [2.24, 2.45) is 5.92 Å². The fraction of sp³-hybridized carbons (Fsp3) is 0.463. The van der Waals surface area contributed by atoms with E-state index < -0.39 is 24.0 Å². The van der Waals surface area contributed by atoms with E-state index >= 15 is 0 Å². The van der Waals surface area contributed by atoms with Crippen molar-refractivity contribution in [1.29, 1.82) is 0 Å². The summed E-state index contributed by atoms with van der Waals surface area (Å²) in [6, 6.07) is 13.3. The maximum atomic E-state index is 14.4. The number of halogens is 3. The Kier molecular flexibility index (Phi) is 17.6. The van der Waals surface area contributed by atoms with Gasteiger partial charge in [0.2, 0.25) is 12.0 Å². The molecule has 1 saturated heterocycles. The lowest BCUT2D eigenvalue weighted by Gasteiger charge is -2.35. The maximum absolute atomic E-state index is 14.4. The molecule has 4 aliphatic rings. The van der Waals surface area contributed by atoms with E-state index in [-0.39, 0.29) is 31.4 Å². The van der Waals surface area contributed by atoms with Gasteiger partial charge in [-0.15, -0.1) is 11.3 Å². The molecule has 6 heterocycles. The van der Waals surface area contributed by atoms with Crippen LogP contribution in [0.4, 0.5) is 4.39 Å². The Morgan fingerprint density at radius 3 is 2.37 bits per heavy atom. The Balaban J connectivity index is 1.03. The van der Waals surface area contributed by atoms with Crippen LogP contribution >= 0.6 is 34.5 Å². The largest absolute Gasteiger partial charge is 0.490 e. The van der Waals surface area contributed by atoms with E-state index in [0.29, 0.717) is 127 Å². The molecule has 19 heteroatoms. The summed E-state index contributed by atoms with van der Waals surface area (Å²) in [6.07, 6.45) is 4.93. The molecule has 1 N–H and O–H groups in total. The van der Waals surface area contributed by atoms with Crippen molar-refractivity contribution in [2.75, 3.05) is 86.5 Å². The molecule has 0 radical (unpaired) electrons. The van der Waals surface area contributed by atoms with Gasteiger partial charge in [-0.2, -0.15) is 0 Å². The van der Waals surface area contributed by atoms with Gasteiger partial charge in [-0.3, -0.25) is 4.90 Å². The van der Waals surface area contributed by atoms with E-state index in [1.165, 1.54) is 29.8 Å². The monoisotopic (exact) mass is 1060 g/mol. The molecule has 73 heavy (non-hydrogen) atoms. The van der Waals surface area contributed by atoms with Crippen LogP contribution in [-0.4, -0.2) is 140 Å². The fourth-order valence-corrected chi connectivity index (χ4v) is 11.4. The average molecular weight is 1060 g/mol. The lowest BCUT2D eigenvalue weighted by atomic mass is 9.82. The highest BCUT2D eigenvalue weighted by molar-refractivity contribution is 7.22. The van der Waals surface area contributed by atoms with E-state index in [9.17, 15) is 14.3 Å². The van der Waals surface area contributed by atoms with Crippen molar-refractivity contribution in [3.8, 4) is 44.7 Å². The molecule has 15 nitrogen and oxygen atoms in total. The van der Waals surface area contributed by atoms with Crippen LogP contribution in [0.2, 0.25) is 10.0 Å². The SMILES string of the molecule is COCCOCCOCC1CCC(c2nccc(COc3ccc4cc3C[C@H](C(=O)O)Oc3ncnc5sc(-c6ccc(F)cc6)c(c35)-c3c(C)c(Cl)c(c(Cl)c3C)OC(CN3CCN(C)CC3)CO4)n2)CC1. The molecular formula is C54H61Cl2FN6O9S. The standard InChI is InChI=1S/C54H61Cl2FN6O9S/c1-32-44-33(2)48(56)49(47(32)55)71-41(27-63-19-17-62(3)18-20-63)30-69-40-13-14-42(70-29-39-15-16-58-51(61-39)36-7-5-34(6-8-36)28-68-24-23-67-22-21-66-4)37(25-40)26-43(54(64)65)72-52-46-45(44)50(73-53(46)60-31-59-52)35-9-11-38(57)12-10-35/h9-16,25,31,34,36,41,43H,5-8,17-24,26-30H2,1-4H3,(H,64,65)/t34?,36?,41?,43-/m1/s1. The van der Waals surface area contributed by atoms with Gasteiger partial charge in [-0.1, -0.05) is 35.3 Å². The summed E-state index contributed by atoms with van der Waals surface area (Å²) >= 11 is 16.0. The second-order valence-corrected chi connectivity index (χ2v) is 20.7. The zero-order chi connectivity index (χ0) is 51.0. The van der Waals surface area contributed by atoms with Gasteiger partial charge in [0.15, 0.2) is 5.75 Å². The summed E-state index contributed by atoms with van der Waals surface area (Å²) in [5.74, 6) is 1.10. The predicted octanol–water partition coefficient (Wildman–Crippen LogP) is 9.87. The molecule has 1 unspecified atom stereocenters. The number of aromatic nitrogens is 4. The Morgan fingerprint density at radius 2 is 1.63 bits per heavy atom. The van der Waals surface area contributed by atoms with E-state index in [1.54, 1.807) is 43.6 Å². The van der Waals surface area contributed by atoms with Crippen LogP contribution in [0.1, 0.15) is 59.8 Å². The van der Waals surface area contributed by atoms with Crippen LogP contribution in [0.25, 0.3) is 31.8 Å². The van der Waals surface area contributed by atoms with Gasteiger partial charge in [0.05, 0.1) is 47.6 Å². The normalized spacial score (nSPS) is 19.8. The molecule has 3 aliphatic heterocycles. The quantitative estimate of drug-likeness (QED) is 0.0912. The summed E-state index contributed by atoms with van der Waals surface area (Å²) in [5, 5.41) is 12.0. The number of rotatable bonds is 16. The minimum absolute atomic E-state index is 0.0354.